The Balaban J connectivity index is 1.44. The van der Waals surface area contributed by atoms with Crippen molar-refractivity contribution >= 4 is 54.1 Å². The molecule has 0 atom stereocenters. The molecule has 1 N–H and O–H groups in total. The average Bonchev–Trinajstić information content (AvgIpc) is 3.38. The second-order valence-electron chi connectivity index (χ2n) is 5.91. The molecule has 0 aliphatic carbocycles. The van der Waals surface area contributed by atoms with Crippen LogP contribution in [0.5, 0.6) is 0 Å². The summed E-state index contributed by atoms with van der Waals surface area (Å²) in [5.74, 6) is 0.190. The summed E-state index contributed by atoms with van der Waals surface area (Å²) in [6.07, 6.45) is 0. The third kappa shape index (κ3) is 2.88. The maximum Gasteiger partial charge on any atom is 0.279 e. The van der Waals surface area contributed by atoms with E-state index in [1.165, 1.54) is 11.3 Å². The van der Waals surface area contributed by atoms with Gasteiger partial charge in [0.05, 0.1) is 19.9 Å². The smallest absolute Gasteiger partial charge is 0.279 e. The van der Waals surface area contributed by atoms with Gasteiger partial charge in [0, 0.05) is 11.6 Å². The predicted molar refractivity (Wildman–Crippen MR) is 107 cm³/mol. The quantitative estimate of drug-likeness (QED) is 0.461. The topological polar surface area (TPSA) is 80.9 Å². The maximum atomic E-state index is 12.5. The first kappa shape index (κ1) is 16.1. The van der Waals surface area contributed by atoms with Crippen molar-refractivity contribution in [2.24, 2.45) is 0 Å². The van der Waals surface area contributed by atoms with Gasteiger partial charge < -0.3 is 4.52 Å². The van der Waals surface area contributed by atoms with Crippen LogP contribution in [0.3, 0.4) is 0 Å². The molecule has 0 saturated heterocycles. The van der Waals surface area contributed by atoms with E-state index < -0.39 is 0 Å². The number of thiazole rings is 2. The molecule has 8 heteroatoms. The Hall–Kier alpha value is -3.10. The average molecular weight is 392 g/mol. The summed E-state index contributed by atoms with van der Waals surface area (Å²) in [6.45, 7) is 1.98. The Labute approximate surface area is 161 Å². The van der Waals surface area contributed by atoms with Gasteiger partial charge in [0.1, 0.15) is 5.52 Å². The molecule has 3 heterocycles. The number of aryl methyl sites for hydroxylation is 1. The number of aromatic nitrogens is 3. The van der Waals surface area contributed by atoms with Crippen molar-refractivity contribution in [1.29, 1.82) is 0 Å². The minimum absolute atomic E-state index is 0.211. The summed E-state index contributed by atoms with van der Waals surface area (Å²) in [4.78, 5) is 21.6. The van der Waals surface area contributed by atoms with Crippen LogP contribution in [0.4, 0.5) is 5.13 Å². The summed E-state index contributed by atoms with van der Waals surface area (Å²) in [5.41, 5.74) is 2.83. The van der Waals surface area contributed by atoms with Gasteiger partial charge in [-0.15, -0.1) is 11.3 Å². The molecule has 0 spiro atoms. The van der Waals surface area contributed by atoms with Crippen LogP contribution in [0.25, 0.3) is 31.8 Å². The van der Waals surface area contributed by atoms with Crippen molar-refractivity contribution in [3.63, 3.8) is 0 Å². The first-order valence-electron chi connectivity index (χ1n) is 8.17. The van der Waals surface area contributed by atoms with E-state index in [4.69, 9.17) is 4.52 Å². The minimum atomic E-state index is -0.356. The standard InChI is InChI=1S/C19H12N4O2S2/c1-10-20-16-15(26-10)8-7-12-17(16)27-19(21-12)22-18(24)13-9-14(25-23-13)11-5-3-2-4-6-11/h2-9H,1H3,(H,21,22,24). The van der Waals surface area contributed by atoms with Crippen molar-refractivity contribution in [2.45, 2.75) is 6.92 Å². The number of fused-ring (bicyclic) bond motifs is 3. The van der Waals surface area contributed by atoms with Crippen LogP contribution >= 0.6 is 22.7 Å². The normalized spacial score (nSPS) is 11.3. The molecular formula is C19H12N4O2S2. The second-order valence-corrected chi connectivity index (χ2v) is 8.14. The minimum Gasteiger partial charge on any atom is -0.355 e. The monoisotopic (exact) mass is 392 g/mol. The first-order chi connectivity index (χ1) is 13.2. The number of carbonyl (C=O) groups excluding carboxylic acids is 1. The molecule has 5 aromatic rings. The van der Waals surface area contributed by atoms with Crippen LogP contribution in [-0.4, -0.2) is 21.0 Å². The molecule has 0 unspecified atom stereocenters. The Kier molecular flexibility index (Phi) is 3.73. The van der Waals surface area contributed by atoms with Gasteiger partial charge in [-0.1, -0.05) is 46.8 Å². The Morgan fingerprint density at radius 3 is 2.78 bits per heavy atom. The van der Waals surface area contributed by atoms with Gasteiger partial charge in [-0.25, -0.2) is 9.97 Å². The summed E-state index contributed by atoms with van der Waals surface area (Å²) in [7, 11) is 0. The van der Waals surface area contributed by atoms with Crippen LogP contribution in [0.1, 0.15) is 15.5 Å². The SMILES string of the molecule is Cc1nc2c(ccc3nc(NC(=O)c4cc(-c5ccccc5)on4)sc32)s1. The predicted octanol–water partition coefficient (Wildman–Crippen LogP) is 5.12. The molecule has 0 aliphatic rings. The molecule has 1 amide bonds. The van der Waals surface area contributed by atoms with E-state index in [9.17, 15) is 4.79 Å². The van der Waals surface area contributed by atoms with E-state index >= 15 is 0 Å². The van der Waals surface area contributed by atoms with Crippen molar-refractivity contribution in [3.8, 4) is 11.3 Å². The van der Waals surface area contributed by atoms with Crippen molar-refractivity contribution in [3.05, 3.63) is 59.2 Å². The number of hydrogen-bond acceptors (Lipinski definition) is 7. The Morgan fingerprint density at radius 2 is 1.93 bits per heavy atom. The summed E-state index contributed by atoms with van der Waals surface area (Å²) in [6, 6.07) is 15.1. The van der Waals surface area contributed by atoms with E-state index in [0.717, 1.165) is 31.0 Å². The molecule has 27 heavy (non-hydrogen) atoms. The van der Waals surface area contributed by atoms with Crippen molar-refractivity contribution in [2.75, 3.05) is 5.32 Å². The number of hydrogen-bond donors (Lipinski definition) is 1. The van der Waals surface area contributed by atoms with E-state index in [-0.39, 0.29) is 11.6 Å². The second kappa shape index (κ2) is 6.26. The lowest BCUT2D eigenvalue weighted by Gasteiger charge is -1.95. The summed E-state index contributed by atoms with van der Waals surface area (Å²) in [5, 5.41) is 8.20. The highest BCUT2D eigenvalue weighted by Crippen LogP contribution is 2.34. The Bertz CT molecular complexity index is 1290. The molecule has 6 nitrogen and oxygen atoms in total. The third-order valence-electron chi connectivity index (χ3n) is 4.04. The van der Waals surface area contributed by atoms with Crippen LogP contribution in [-0.2, 0) is 0 Å². The molecule has 0 radical (unpaired) electrons. The van der Waals surface area contributed by atoms with Gasteiger partial charge in [-0.3, -0.25) is 10.1 Å². The van der Waals surface area contributed by atoms with Gasteiger partial charge in [0.15, 0.2) is 16.6 Å². The number of nitrogens with one attached hydrogen (secondary N) is 1. The van der Waals surface area contributed by atoms with E-state index in [1.54, 1.807) is 17.4 Å². The van der Waals surface area contributed by atoms with Crippen LogP contribution < -0.4 is 5.32 Å². The lowest BCUT2D eigenvalue weighted by atomic mass is 10.1. The molecule has 2 aromatic carbocycles. The number of nitrogens with zero attached hydrogens (tertiary/aromatic N) is 3. The first-order valence-corrected chi connectivity index (χ1v) is 9.81. The van der Waals surface area contributed by atoms with Crippen molar-refractivity contribution in [1.82, 2.24) is 15.1 Å². The largest absolute Gasteiger partial charge is 0.355 e. The molecule has 132 valence electrons. The summed E-state index contributed by atoms with van der Waals surface area (Å²) >= 11 is 3.05. The summed E-state index contributed by atoms with van der Waals surface area (Å²) < 4.78 is 7.38. The zero-order chi connectivity index (χ0) is 18.4. The highest BCUT2D eigenvalue weighted by molar-refractivity contribution is 7.24. The zero-order valence-corrected chi connectivity index (χ0v) is 15.7. The zero-order valence-electron chi connectivity index (χ0n) is 14.1. The molecule has 3 aromatic heterocycles. The third-order valence-corrected chi connectivity index (χ3v) is 5.97. The van der Waals surface area contributed by atoms with E-state index in [2.05, 4.69) is 20.4 Å². The fourth-order valence-electron chi connectivity index (χ4n) is 2.82. The number of benzene rings is 2. The lowest BCUT2D eigenvalue weighted by Crippen LogP contribution is -2.11. The number of rotatable bonds is 3. The van der Waals surface area contributed by atoms with Crippen LogP contribution in [0.2, 0.25) is 0 Å². The highest BCUT2D eigenvalue weighted by Gasteiger charge is 2.17. The fraction of sp³-hybridized carbons (Fsp3) is 0.0526. The van der Waals surface area contributed by atoms with Gasteiger partial charge in [-0.2, -0.15) is 0 Å². The van der Waals surface area contributed by atoms with Crippen LogP contribution in [0, 0.1) is 6.92 Å². The molecule has 0 aliphatic heterocycles. The number of amides is 1. The number of anilines is 1. The van der Waals surface area contributed by atoms with Gasteiger partial charge >= 0.3 is 0 Å². The molecule has 0 saturated carbocycles. The molecule has 5 rings (SSSR count). The van der Waals surface area contributed by atoms with Crippen LogP contribution in [0.15, 0.2) is 53.1 Å². The Morgan fingerprint density at radius 1 is 1.07 bits per heavy atom. The fourth-order valence-corrected chi connectivity index (χ4v) is 4.67. The molecule has 0 bridgehead atoms. The van der Waals surface area contributed by atoms with Gasteiger partial charge in [-0.05, 0) is 19.1 Å². The van der Waals surface area contributed by atoms with Crippen molar-refractivity contribution < 1.29 is 9.32 Å². The molecular weight excluding hydrogens is 380 g/mol. The molecule has 0 fully saturated rings. The highest BCUT2D eigenvalue weighted by atomic mass is 32.1. The van der Waals surface area contributed by atoms with Gasteiger partial charge in [0.2, 0.25) is 0 Å². The maximum absolute atomic E-state index is 12.5. The number of carbonyl (C=O) groups is 1. The van der Waals surface area contributed by atoms with E-state index in [1.807, 2.05) is 49.4 Å². The van der Waals surface area contributed by atoms with Gasteiger partial charge in [0.25, 0.3) is 5.91 Å². The lowest BCUT2D eigenvalue weighted by molar-refractivity contribution is 0.101. The van der Waals surface area contributed by atoms with E-state index in [0.29, 0.717) is 10.9 Å².